The van der Waals surface area contributed by atoms with Crippen LogP contribution in [0.1, 0.15) is 11.1 Å². The summed E-state index contributed by atoms with van der Waals surface area (Å²) in [6.07, 6.45) is 1.85. The number of amides is 2. The van der Waals surface area contributed by atoms with Crippen molar-refractivity contribution in [1.29, 1.82) is 0 Å². The molecule has 1 aromatic heterocycles. The maximum absolute atomic E-state index is 12.1. The molecule has 1 saturated heterocycles. The lowest BCUT2D eigenvalue weighted by molar-refractivity contribution is 0.249. The summed E-state index contributed by atoms with van der Waals surface area (Å²) in [5.74, 6) is 1.05. The van der Waals surface area contributed by atoms with Crippen molar-refractivity contribution in [3.8, 4) is 0 Å². The van der Waals surface area contributed by atoms with Gasteiger partial charge in [0.05, 0.1) is 0 Å². The van der Waals surface area contributed by atoms with Crippen LogP contribution >= 0.6 is 0 Å². The SMILES string of the molecule is O=C(NCc1ccccc1)Nc1ccc(CN2CCN(c3ccccn3)CC2)cc1. The van der Waals surface area contributed by atoms with Gasteiger partial charge in [0, 0.05) is 51.2 Å². The van der Waals surface area contributed by atoms with E-state index in [2.05, 4.69) is 43.6 Å². The van der Waals surface area contributed by atoms with Crippen LogP contribution in [0.5, 0.6) is 0 Å². The lowest BCUT2D eigenvalue weighted by atomic mass is 10.1. The summed E-state index contributed by atoms with van der Waals surface area (Å²) in [5, 5.41) is 5.77. The number of carbonyl (C=O) groups excluding carboxylic acids is 1. The minimum atomic E-state index is -0.197. The second-order valence-electron chi connectivity index (χ2n) is 7.44. The number of rotatable bonds is 6. The van der Waals surface area contributed by atoms with Crippen molar-refractivity contribution in [2.75, 3.05) is 36.4 Å². The Kier molecular flexibility index (Phi) is 6.57. The van der Waals surface area contributed by atoms with Crippen LogP contribution in [0.25, 0.3) is 0 Å². The molecule has 1 fully saturated rings. The number of benzene rings is 2. The molecule has 2 amide bonds. The lowest BCUT2D eigenvalue weighted by Gasteiger charge is -2.35. The van der Waals surface area contributed by atoms with E-state index in [1.165, 1.54) is 5.56 Å². The Morgan fingerprint density at radius 3 is 2.27 bits per heavy atom. The number of pyridine rings is 1. The van der Waals surface area contributed by atoms with Crippen molar-refractivity contribution >= 4 is 17.5 Å². The predicted molar refractivity (Wildman–Crippen MR) is 120 cm³/mol. The molecule has 0 spiro atoms. The molecule has 2 aromatic carbocycles. The third kappa shape index (κ3) is 5.58. The van der Waals surface area contributed by atoms with E-state index < -0.39 is 0 Å². The second kappa shape index (κ2) is 9.89. The summed E-state index contributed by atoms with van der Waals surface area (Å²) in [6, 6.07) is 23.8. The highest BCUT2D eigenvalue weighted by atomic mass is 16.2. The van der Waals surface area contributed by atoms with E-state index in [1.54, 1.807) is 0 Å². The van der Waals surface area contributed by atoms with Crippen LogP contribution in [0.2, 0.25) is 0 Å². The van der Waals surface area contributed by atoms with Gasteiger partial charge in [-0.2, -0.15) is 0 Å². The van der Waals surface area contributed by atoms with E-state index >= 15 is 0 Å². The minimum Gasteiger partial charge on any atom is -0.354 e. The zero-order chi connectivity index (χ0) is 20.6. The van der Waals surface area contributed by atoms with Crippen molar-refractivity contribution in [3.05, 3.63) is 90.1 Å². The molecular weight excluding hydrogens is 374 g/mol. The van der Waals surface area contributed by atoms with Gasteiger partial charge in [-0.25, -0.2) is 9.78 Å². The monoisotopic (exact) mass is 401 g/mol. The maximum atomic E-state index is 12.1. The number of anilines is 2. The molecule has 0 radical (unpaired) electrons. The first kappa shape index (κ1) is 19.9. The van der Waals surface area contributed by atoms with E-state index in [0.717, 1.165) is 49.8 Å². The van der Waals surface area contributed by atoms with Crippen LogP contribution in [0.3, 0.4) is 0 Å². The van der Waals surface area contributed by atoms with Crippen molar-refractivity contribution in [3.63, 3.8) is 0 Å². The topological polar surface area (TPSA) is 60.5 Å². The van der Waals surface area contributed by atoms with Crippen LogP contribution in [0.4, 0.5) is 16.3 Å². The van der Waals surface area contributed by atoms with Crippen molar-refractivity contribution in [2.45, 2.75) is 13.1 Å². The van der Waals surface area contributed by atoms with Gasteiger partial charge < -0.3 is 15.5 Å². The van der Waals surface area contributed by atoms with E-state index in [0.29, 0.717) is 6.54 Å². The molecule has 6 nitrogen and oxygen atoms in total. The first-order valence-electron chi connectivity index (χ1n) is 10.3. The maximum Gasteiger partial charge on any atom is 0.319 e. The highest BCUT2D eigenvalue weighted by molar-refractivity contribution is 5.89. The molecule has 4 rings (SSSR count). The smallest absolute Gasteiger partial charge is 0.319 e. The van der Waals surface area contributed by atoms with Crippen molar-refractivity contribution in [2.24, 2.45) is 0 Å². The molecule has 154 valence electrons. The van der Waals surface area contributed by atoms with Crippen LogP contribution < -0.4 is 15.5 Å². The fraction of sp³-hybridized carbons (Fsp3) is 0.250. The van der Waals surface area contributed by atoms with Crippen LogP contribution in [0.15, 0.2) is 79.0 Å². The quantitative estimate of drug-likeness (QED) is 0.661. The number of nitrogens with zero attached hydrogens (tertiary/aromatic N) is 3. The van der Waals surface area contributed by atoms with Gasteiger partial charge in [-0.15, -0.1) is 0 Å². The zero-order valence-corrected chi connectivity index (χ0v) is 17.0. The molecule has 0 aliphatic carbocycles. The third-order valence-electron chi connectivity index (χ3n) is 5.26. The average molecular weight is 402 g/mol. The number of nitrogens with one attached hydrogen (secondary N) is 2. The number of hydrogen-bond donors (Lipinski definition) is 2. The van der Waals surface area contributed by atoms with E-state index in [1.807, 2.05) is 60.8 Å². The number of aromatic nitrogens is 1. The van der Waals surface area contributed by atoms with Crippen molar-refractivity contribution in [1.82, 2.24) is 15.2 Å². The second-order valence-corrected chi connectivity index (χ2v) is 7.44. The Balaban J connectivity index is 1.22. The van der Waals surface area contributed by atoms with Gasteiger partial charge in [0.2, 0.25) is 0 Å². The standard InChI is InChI=1S/C24H27N5O/c30-24(26-18-20-6-2-1-3-7-20)27-22-11-9-21(10-12-22)19-28-14-16-29(17-15-28)23-8-4-5-13-25-23/h1-13H,14-19H2,(H2,26,27,30). The number of hydrogen-bond acceptors (Lipinski definition) is 4. The summed E-state index contributed by atoms with van der Waals surface area (Å²) in [4.78, 5) is 21.3. The molecule has 2 heterocycles. The van der Waals surface area contributed by atoms with Gasteiger partial charge >= 0.3 is 6.03 Å². The van der Waals surface area contributed by atoms with Gasteiger partial charge in [-0.1, -0.05) is 48.5 Å². The van der Waals surface area contributed by atoms with Gasteiger partial charge in [0.1, 0.15) is 5.82 Å². The van der Waals surface area contributed by atoms with Gasteiger partial charge in [0.25, 0.3) is 0 Å². The van der Waals surface area contributed by atoms with Crippen LogP contribution in [-0.4, -0.2) is 42.1 Å². The fourth-order valence-electron chi connectivity index (χ4n) is 3.58. The normalized spacial score (nSPS) is 14.3. The summed E-state index contributed by atoms with van der Waals surface area (Å²) in [7, 11) is 0. The highest BCUT2D eigenvalue weighted by Gasteiger charge is 2.17. The third-order valence-corrected chi connectivity index (χ3v) is 5.26. The van der Waals surface area contributed by atoms with E-state index in [9.17, 15) is 4.79 Å². The van der Waals surface area contributed by atoms with Gasteiger partial charge in [0.15, 0.2) is 0 Å². The first-order valence-corrected chi connectivity index (χ1v) is 10.3. The van der Waals surface area contributed by atoms with Gasteiger partial charge in [-0.05, 0) is 35.4 Å². The number of urea groups is 1. The van der Waals surface area contributed by atoms with Crippen molar-refractivity contribution < 1.29 is 4.79 Å². The number of piperazine rings is 1. The average Bonchev–Trinajstić information content (AvgIpc) is 2.81. The molecular formula is C24H27N5O. The molecule has 1 aliphatic rings. The van der Waals surface area contributed by atoms with Crippen LogP contribution in [0, 0.1) is 0 Å². The van der Waals surface area contributed by atoms with E-state index in [4.69, 9.17) is 0 Å². The predicted octanol–water partition coefficient (Wildman–Crippen LogP) is 3.73. The fourth-order valence-corrected chi connectivity index (χ4v) is 3.58. The summed E-state index contributed by atoms with van der Waals surface area (Å²) in [6.45, 7) is 5.42. The Bertz CT molecular complexity index is 923. The molecule has 1 aliphatic heterocycles. The molecule has 0 saturated carbocycles. The molecule has 6 heteroatoms. The molecule has 30 heavy (non-hydrogen) atoms. The largest absolute Gasteiger partial charge is 0.354 e. The first-order chi connectivity index (χ1) is 14.8. The summed E-state index contributed by atoms with van der Waals surface area (Å²) < 4.78 is 0. The molecule has 3 aromatic rings. The van der Waals surface area contributed by atoms with E-state index in [-0.39, 0.29) is 6.03 Å². The van der Waals surface area contributed by atoms with Gasteiger partial charge in [-0.3, -0.25) is 4.90 Å². The Morgan fingerprint density at radius 1 is 0.833 bits per heavy atom. The molecule has 0 atom stereocenters. The number of carbonyl (C=O) groups is 1. The minimum absolute atomic E-state index is 0.197. The van der Waals surface area contributed by atoms with Crippen LogP contribution in [-0.2, 0) is 13.1 Å². The molecule has 2 N–H and O–H groups in total. The zero-order valence-electron chi connectivity index (χ0n) is 17.0. The summed E-state index contributed by atoms with van der Waals surface area (Å²) in [5.41, 5.74) is 3.12. The molecule has 0 bridgehead atoms. The summed E-state index contributed by atoms with van der Waals surface area (Å²) >= 11 is 0. The Labute approximate surface area is 177 Å². The Hall–Kier alpha value is -3.38. The Morgan fingerprint density at radius 2 is 1.57 bits per heavy atom. The highest BCUT2D eigenvalue weighted by Crippen LogP contribution is 2.16. The molecule has 0 unspecified atom stereocenters. The lowest BCUT2D eigenvalue weighted by Crippen LogP contribution is -2.46.